The lowest BCUT2D eigenvalue weighted by molar-refractivity contribution is -0.117. The van der Waals surface area contributed by atoms with Gasteiger partial charge >= 0.3 is 0 Å². The van der Waals surface area contributed by atoms with Crippen LogP contribution in [0, 0.1) is 12.8 Å². The number of nitrogens with one attached hydrogen (secondary N) is 2. The molecule has 132 valence electrons. The van der Waals surface area contributed by atoms with E-state index in [1.807, 2.05) is 24.3 Å². The van der Waals surface area contributed by atoms with Gasteiger partial charge in [0.2, 0.25) is 15.9 Å². The molecule has 1 aliphatic carbocycles. The summed E-state index contributed by atoms with van der Waals surface area (Å²) in [6, 6.07) is 12.7. The Bertz CT molecular complexity index is 928. The van der Waals surface area contributed by atoms with Gasteiger partial charge in [0.25, 0.3) is 0 Å². The van der Waals surface area contributed by atoms with Gasteiger partial charge in [-0.1, -0.05) is 35.9 Å². The molecule has 3 rings (SSSR count). The van der Waals surface area contributed by atoms with E-state index in [9.17, 15) is 13.2 Å². The molecule has 0 aliphatic heterocycles. The minimum Gasteiger partial charge on any atom is -0.326 e. The third kappa shape index (κ3) is 4.32. The Labute approximate surface area is 152 Å². The molecule has 0 unspecified atom stereocenters. The van der Waals surface area contributed by atoms with Gasteiger partial charge < -0.3 is 5.32 Å². The summed E-state index contributed by atoms with van der Waals surface area (Å²) >= 11 is 6.19. The van der Waals surface area contributed by atoms with Gasteiger partial charge in [0, 0.05) is 16.6 Å². The van der Waals surface area contributed by atoms with Gasteiger partial charge in [0.15, 0.2) is 0 Å². The van der Waals surface area contributed by atoms with Crippen LogP contribution >= 0.6 is 11.6 Å². The Balaban J connectivity index is 1.70. The first-order valence-corrected chi connectivity index (χ1v) is 10.2. The fourth-order valence-electron chi connectivity index (χ4n) is 2.85. The summed E-state index contributed by atoms with van der Waals surface area (Å²) in [5, 5.41) is 3.54. The smallest absolute Gasteiger partial charge is 0.229 e. The van der Waals surface area contributed by atoms with Crippen molar-refractivity contribution in [3.05, 3.63) is 58.6 Å². The van der Waals surface area contributed by atoms with Crippen LogP contribution in [0.4, 0.5) is 11.4 Å². The number of halogens is 1. The maximum atomic E-state index is 12.5. The van der Waals surface area contributed by atoms with E-state index >= 15 is 0 Å². The Morgan fingerprint density at radius 1 is 1.20 bits per heavy atom. The van der Waals surface area contributed by atoms with Crippen molar-refractivity contribution in [2.75, 3.05) is 16.3 Å². The highest BCUT2D eigenvalue weighted by Gasteiger charge is 2.44. The van der Waals surface area contributed by atoms with Crippen LogP contribution in [0.15, 0.2) is 42.5 Å². The molecule has 0 spiro atoms. The first kappa shape index (κ1) is 17.8. The lowest BCUT2D eigenvalue weighted by Crippen LogP contribution is -2.15. The summed E-state index contributed by atoms with van der Waals surface area (Å²) in [7, 11) is -3.38. The van der Waals surface area contributed by atoms with E-state index in [2.05, 4.69) is 10.0 Å². The molecular weight excluding hydrogens is 360 g/mol. The van der Waals surface area contributed by atoms with E-state index < -0.39 is 10.0 Å². The van der Waals surface area contributed by atoms with Crippen LogP contribution in [0.5, 0.6) is 0 Å². The minimum atomic E-state index is -3.38. The predicted octanol–water partition coefficient (Wildman–Crippen LogP) is 3.76. The molecule has 1 fully saturated rings. The quantitative estimate of drug-likeness (QED) is 0.831. The summed E-state index contributed by atoms with van der Waals surface area (Å²) in [6.07, 6.45) is 1.85. The summed E-state index contributed by atoms with van der Waals surface area (Å²) in [6.45, 7) is 1.80. The van der Waals surface area contributed by atoms with Crippen molar-refractivity contribution < 1.29 is 13.2 Å². The fourth-order valence-corrected chi connectivity index (χ4v) is 3.74. The number of sulfonamides is 1. The SMILES string of the molecule is Cc1ccc(NC(=O)[C@@H]2C[C@@H]2c2ccccc2Cl)cc1NS(C)(=O)=O. The number of aryl methyl sites for hydroxylation is 1. The Morgan fingerprint density at radius 3 is 2.60 bits per heavy atom. The maximum absolute atomic E-state index is 12.5. The fraction of sp³-hybridized carbons (Fsp3) is 0.278. The van der Waals surface area contributed by atoms with Crippen LogP contribution in [0.2, 0.25) is 5.02 Å². The zero-order valence-electron chi connectivity index (χ0n) is 13.9. The van der Waals surface area contributed by atoms with Gasteiger partial charge in [-0.2, -0.15) is 0 Å². The van der Waals surface area contributed by atoms with Crippen LogP contribution in [0.3, 0.4) is 0 Å². The predicted molar refractivity (Wildman–Crippen MR) is 101 cm³/mol. The second-order valence-corrected chi connectivity index (χ2v) is 8.52. The number of anilines is 2. The average molecular weight is 379 g/mol. The molecule has 0 radical (unpaired) electrons. The molecule has 0 bridgehead atoms. The Hall–Kier alpha value is -2.05. The van der Waals surface area contributed by atoms with Crippen molar-refractivity contribution in [2.45, 2.75) is 19.3 Å². The monoisotopic (exact) mass is 378 g/mol. The zero-order valence-corrected chi connectivity index (χ0v) is 15.5. The van der Waals surface area contributed by atoms with E-state index in [1.54, 1.807) is 25.1 Å². The second kappa shape index (κ2) is 6.69. The van der Waals surface area contributed by atoms with E-state index in [-0.39, 0.29) is 17.7 Å². The highest BCUT2D eigenvalue weighted by molar-refractivity contribution is 7.92. The van der Waals surface area contributed by atoms with Crippen LogP contribution in [0.25, 0.3) is 0 Å². The molecule has 2 aromatic carbocycles. The van der Waals surface area contributed by atoms with Crippen molar-refractivity contribution in [3.8, 4) is 0 Å². The molecule has 25 heavy (non-hydrogen) atoms. The van der Waals surface area contributed by atoms with Gasteiger partial charge in [0.05, 0.1) is 11.9 Å². The van der Waals surface area contributed by atoms with Crippen LogP contribution in [-0.4, -0.2) is 20.6 Å². The topological polar surface area (TPSA) is 75.3 Å². The second-order valence-electron chi connectivity index (χ2n) is 6.36. The molecule has 7 heteroatoms. The highest BCUT2D eigenvalue weighted by Crippen LogP contribution is 2.50. The highest BCUT2D eigenvalue weighted by atomic mass is 35.5. The van der Waals surface area contributed by atoms with Crippen LogP contribution < -0.4 is 10.0 Å². The Morgan fingerprint density at radius 2 is 1.92 bits per heavy atom. The number of amides is 1. The summed E-state index contributed by atoms with van der Waals surface area (Å²) < 4.78 is 25.3. The largest absolute Gasteiger partial charge is 0.326 e. The van der Waals surface area contributed by atoms with Crippen LogP contribution in [-0.2, 0) is 14.8 Å². The van der Waals surface area contributed by atoms with Gasteiger partial charge in [-0.3, -0.25) is 9.52 Å². The Kier molecular flexibility index (Phi) is 4.75. The van der Waals surface area contributed by atoms with Crippen molar-refractivity contribution in [2.24, 2.45) is 5.92 Å². The van der Waals surface area contributed by atoms with Gasteiger partial charge in [0.1, 0.15) is 0 Å². The normalized spacial score (nSPS) is 19.3. The van der Waals surface area contributed by atoms with Crippen LogP contribution in [0.1, 0.15) is 23.5 Å². The first-order valence-electron chi connectivity index (χ1n) is 7.88. The summed E-state index contributed by atoms with van der Waals surface area (Å²) in [5.74, 6) is -0.0700. The lowest BCUT2D eigenvalue weighted by atomic mass is 10.1. The third-order valence-corrected chi connectivity index (χ3v) is 5.17. The van der Waals surface area contributed by atoms with E-state index in [4.69, 9.17) is 11.6 Å². The molecule has 2 atom stereocenters. The number of rotatable bonds is 5. The zero-order chi connectivity index (χ0) is 18.2. The molecule has 1 saturated carbocycles. The average Bonchev–Trinajstić information content (AvgIpc) is 3.30. The van der Waals surface area contributed by atoms with Gasteiger partial charge in [-0.15, -0.1) is 0 Å². The van der Waals surface area contributed by atoms with Gasteiger partial charge in [-0.25, -0.2) is 8.42 Å². The number of hydrogen-bond donors (Lipinski definition) is 2. The molecule has 2 aromatic rings. The standard InChI is InChI=1S/C18H19ClN2O3S/c1-11-7-8-12(9-17(11)21-25(2,23)24)20-18(22)15-10-14(15)13-5-3-4-6-16(13)19/h3-9,14-15,21H,10H2,1-2H3,(H,20,22)/t14-,15-/m1/s1. The molecule has 1 amide bonds. The number of hydrogen-bond acceptors (Lipinski definition) is 3. The molecule has 0 heterocycles. The first-order chi connectivity index (χ1) is 11.7. The molecule has 0 saturated heterocycles. The number of carbonyl (C=O) groups is 1. The van der Waals surface area contributed by atoms with E-state index in [0.29, 0.717) is 16.4 Å². The molecule has 0 aromatic heterocycles. The van der Waals surface area contributed by atoms with Crippen molar-refractivity contribution >= 4 is 38.9 Å². The number of carbonyl (C=O) groups excluding carboxylic acids is 1. The third-order valence-electron chi connectivity index (χ3n) is 4.23. The van der Waals surface area contributed by atoms with Crippen molar-refractivity contribution in [3.63, 3.8) is 0 Å². The summed E-state index contributed by atoms with van der Waals surface area (Å²) in [4.78, 5) is 12.5. The van der Waals surface area contributed by atoms with E-state index in [0.717, 1.165) is 23.8 Å². The maximum Gasteiger partial charge on any atom is 0.229 e. The molecular formula is C18H19ClN2O3S. The lowest BCUT2D eigenvalue weighted by Gasteiger charge is -2.11. The van der Waals surface area contributed by atoms with Crippen molar-refractivity contribution in [1.82, 2.24) is 0 Å². The minimum absolute atomic E-state index is 0.0842. The van der Waals surface area contributed by atoms with E-state index in [1.165, 1.54) is 0 Å². The van der Waals surface area contributed by atoms with Gasteiger partial charge in [-0.05, 0) is 48.6 Å². The van der Waals surface area contributed by atoms with Crippen molar-refractivity contribution in [1.29, 1.82) is 0 Å². The summed E-state index contributed by atoms with van der Waals surface area (Å²) in [5.41, 5.74) is 2.79. The number of benzene rings is 2. The molecule has 5 nitrogen and oxygen atoms in total. The molecule has 1 aliphatic rings. The molecule has 2 N–H and O–H groups in total.